The first kappa shape index (κ1) is 34.1. The van der Waals surface area contributed by atoms with Crippen LogP contribution in [0.25, 0.3) is 0 Å². The van der Waals surface area contributed by atoms with Gasteiger partial charge in [0.15, 0.2) is 0 Å². The maximum Gasteiger partial charge on any atom is 0.255 e. The summed E-state index contributed by atoms with van der Waals surface area (Å²) < 4.78 is 5.73. The summed E-state index contributed by atoms with van der Waals surface area (Å²) in [4.78, 5) is 63.7. The van der Waals surface area contributed by atoms with E-state index in [1.54, 1.807) is 24.1 Å². The van der Waals surface area contributed by atoms with E-state index in [1.807, 2.05) is 24.3 Å². The van der Waals surface area contributed by atoms with Gasteiger partial charge in [0.25, 0.3) is 11.8 Å². The summed E-state index contributed by atoms with van der Waals surface area (Å²) in [6, 6.07) is 10.3. The maximum atomic E-state index is 13.1. The molecule has 0 aromatic heterocycles. The maximum absolute atomic E-state index is 13.1. The van der Waals surface area contributed by atoms with Crippen molar-refractivity contribution in [3.05, 3.63) is 64.2 Å². The SMILES string of the molecule is COc1cc(C(=O)NCCCCCc2cccc3c2CN(C2CCC(=O)NC2=O)C3=O)ccc1C1CC(C(N)=O)NC1CC(C)(C)C. The van der Waals surface area contributed by atoms with Crippen LogP contribution >= 0.6 is 0 Å². The smallest absolute Gasteiger partial charge is 0.255 e. The van der Waals surface area contributed by atoms with E-state index in [4.69, 9.17) is 10.5 Å². The molecule has 2 aromatic rings. The number of primary amides is 1. The van der Waals surface area contributed by atoms with E-state index in [1.165, 1.54) is 0 Å². The van der Waals surface area contributed by atoms with Gasteiger partial charge in [-0.2, -0.15) is 0 Å². The van der Waals surface area contributed by atoms with E-state index in [0.717, 1.165) is 48.8 Å². The first-order valence-electron chi connectivity index (χ1n) is 16.6. The minimum atomic E-state index is -0.625. The standard InChI is InChI=1S/C36H47N5O6/c1-36(2,3)19-28-25(18-27(39-28)32(37)43)23-13-12-22(17-30(23)47-4)33(44)38-16-7-5-6-9-21-10-8-11-24-26(21)20-41(35(24)46)29-14-15-31(42)40-34(29)45/h8,10-13,17,25,27-29,39H,5-7,9,14-16,18-20H2,1-4H3,(H2,37,43)(H,38,44)(H,40,42,45). The van der Waals surface area contributed by atoms with Crippen molar-refractivity contribution in [3.8, 4) is 5.75 Å². The second-order valence-electron chi connectivity index (χ2n) is 14.2. The van der Waals surface area contributed by atoms with Crippen LogP contribution in [0.15, 0.2) is 36.4 Å². The van der Waals surface area contributed by atoms with Gasteiger partial charge >= 0.3 is 0 Å². The fraction of sp³-hybridized carbons (Fsp3) is 0.528. The number of fused-ring (bicyclic) bond motifs is 1. The Hall–Kier alpha value is -4.25. The Morgan fingerprint density at radius 3 is 2.57 bits per heavy atom. The largest absolute Gasteiger partial charge is 0.496 e. The summed E-state index contributed by atoms with van der Waals surface area (Å²) in [6.45, 7) is 7.40. The number of aryl methyl sites for hydroxylation is 1. The summed E-state index contributed by atoms with van der Waals surface area (Å²) in [5.74, 6) is -0.749. The number of nitrogens with zero attached hydrogens (tertiary/aromatic N) is 1. The van der Waals surface area contributed by atoms with Gasteiger partial charge in [-0.3, -0.25) is 29.3 Å². The summed E-state index contributed by atoms with van der Waals surface area (Å²) in [7, 11) is 1.59. The Morgan fingerprint density at radius 1 is 1.09 bits per heavy atom. The molecule has 2 fully saturated rings. The summed E-state index contributed by atoms with van der Waals surface area (Å²) >= 11 is 0. The average Bonchev–Trinajstić information content (AvgIpc) is 3.58. The van der Waals surface area contributed by atoms with Gasteiger partial charge < -0.3 is 26.0 Å². The van der Waals surface area contributed by atoms with Gasteiger partial charge in [0.1, 0.15) is 11.8 Å². The summed E-state index contributed by atoms with van der Waals surface area (Å²) in [5, 5.41) is 8.78. The zero-order valence-electron chi connectivity index (χ0n) is 27.8. The average molecular weight is 646 g/mol. The lowest BCUT2D eigenvalue weighted by atomic mass is 9.80. The van der Waals surface area contributed by atoms with Crippen molar-refractivity contribution in [2.75, 3.05) is 13.7 Å². The Bertz CT molecular complexity index is 1550. The molecule has 252 valence electrons. The van der Waals surface area contributed by atoms with Crippen molar-refractivity contribution < 1.29 is 28.7 Å². The number of piperidine rings is 1. The number of carbonyl (C=O) groups excluding carboxylic acids is 5. The Balaban J connectivity index is 1.12. The molecule has 3 aliphatic rings. The number of carbonyl (C=O) groups is 5. The number of imide groups is 1. The monoisotopic (exact) mass is 645 g/mol. The molecule has 3 aliphatic heterocycles. The molecule has 0 radical (unpaired) electrons. The lowest BCUT2D eigenvalue weighted by Crippen LogP contribution is -2.52. The number of nitrogens with one attached hydrogen (secondary N) is 3. The normalized spacial score (nSPS) is 22.6. The number of hydrogen-bond acceptors (Lipinski definition) is 7. The predicted molar refractivity (Wildman–Crippen MR) is 177 cm³/mol. The Labute approximate surface area is 276 Å². The molecule has 2 aromatic carbocycles. The van der Waals surface area contributed by atoms with Crippen LogP contribution in [-0.2, 0) is 27.3 Å². The van der Waals surface area contributed by atoms with Gasteiger partial charge in [-0.15, -0.1) is 0 Å². The van der Waals surface area contributed by atoms with Crippen molar-refractivity contribution in [1.29, 1.82) is 0 Å². The quantitative estimate of drug-likeness (QED) is 0.204. The van der Waals surface area contributed by atoms with Gasteiger partial charge in [0.2, 0.25) is 17.7 Å². The first-order chi connectivity index (χ1) is 22.4. The number of amides is 5. The van der Waals surface area contributed by atoms with E-state index in [-0.39, 0.29) is 47.4 Å². The molecule has 11 nitrogen and oxygen atoms in total. The van der Waals surface area contributed by atoms with Crippen LogP contribution in [0.5, 0.6) is 5.75 Å². The molecule has 47 heavy (non-hydrogen) atoms. The fourth-order valence-corrected chi connectivity index (χ4v) is 7.23. The van der Waals surface area contributed by atoms with Gasteiger partial charge in [-0.05, 0) is 78.8 Å². The van der Waals surface area contributed by atoms with Gasteiger partial charge in [-0.25, -0.2) is 0 Å². The molecule has 3 heterocycles. The van der Waals surface area contributed by atoms with E-state index >= 15 is 0 Å². The third kappa shape index (κ3) is 7.84. The molecule has 0 aliphatic carbocycles. The van der Waals surface area contributed by atoms with Gasteiger partial charge in [-0.1, -0.05) is 45.4 Å². The molecular formula is C36H47N5O6. The molecule has 0 spiro atoms. The molecule has 0 saturated carbocycles. The number of nitrogens with two attached hydrogens (primary N) is 1. The highest BCUT2D eigenvalue weighted by Gasteiger charge is 2.41. The Kier molecular flexibility index (Phi) is 10.3. The van der Waals surface area contributed by atoms with E-state index in [0.29, 0.717) is 42.8 Å². The van der Waals surface area contributed by atoms with Crippen LogP contribution < -0.4 is 26.4 Å². The van der Waals surface area contributed by atoms with Crippen LogP contribution in [0.4, 0.5) is 0 Å². The number of rotatable bonds is 12. The highest BCUT2D eigenvalue weighted by Crippen LogP contribution is 2.41. The molecule has 5 rings (SSSR count). The van der Waals surface area contributed by atoms with Gasteiger partial charge in [0, 0.05) is 42.6 Å². The van der Waals surface area contributed by atoms with Crippen molar-refractivity contribution in [2.45, 2.75) is 103 Å². The highest BCUT2D eigenvalue weighted by atomic mass is 16.5. The number of hydrogen-bond donors (Lipinski definition) is 4. The Morgan fingerprint density at radius 2 is 1.87 bits per heavy atom. The van der Waals surface area contributed by atoms with Crippen LogP contribution in [-0.4, -0.2) is 66.2 Å². The molecule has 5 N–H and O–H groups in total. The third-order valence-electron chi connectivity index (χ3n) is 9.55. The third-order valence-corrected chi connectivity index (χ3v) is 9.55. The first-order valence-corrected chi connectivity index (χ1v) is 16.6. The van der Waals surface area contributed by atoms with Crippen LogP contribution in [0.3, 0.4) is 0 Å². The zero-order chi connectivity index (χ0) is 33.9. The number of methoxy groups -OCH3 is 1. The van der Waals surface area contributed by atoms with Crippen molar-refractivity contribution in [3.63, 3.8) is 0 Å². The molecule has 5 amide bonds. The van der Waals surface area contributed by atoms with E-state index in [2.05, 4.69) is 36.7 Å². The molecule has 0 bridgehead atoms. The lowest BCUT2D eigenvalue weighted by molar-refractivity contribution is -0.137. The number of unbranched alkanes of at least 4 members (excludes halogenated alkanes) is 2. The van der Waals surface area contributed by atoms with Crippen LogP contribution in [0.2, 0.25) is 0 Å². The second kappa shape index (κ2) is 14.3. The molecule has 4 unspecified atom stereocenters. The second-order valence-corrected chi connectivity index (χ2v) is 14.2. The molecule has 11 heteroatoms. The number of ether oxygens (including phenoxy) is 1. The zero-order valence-corrected chi connectivity index (χ0v) is 27.8. The minimum absolute atomic E-state index is 0.0308. The van der Waals surface area contributed by atoms with Gasteiger partial charge in [0.05, 0.1) is 13.2 Å². The van der Waals surface area contributed by atoms with E-state index in [9.17, 15) is 24.0 Å². The molecule has 2 saturated heterocycles. The summed E-state index contributed by atoms with van der Waals surface area (Å²) in [5.41, 5.74) is 9.85. The highest BCUT2D eigenvalue weighted by molar-refractivity contribution is 6.05. The van der Waals surface area contributed by atoms with Crippen molar-refractivity contribution >= 4 is 29.5 Å². The van der Waals surface area contributed by atoms with Crippen molar-refractivity contribution in [2.24, 2.45) is 11.1 Å². The minimum Gasteiger partial charge on any atom is -0.496 e. The predicted octanol–water partition coefficient (Wildman–Crippen LogP) is 3.33. The molecule has 4 atom stereocenters. The topological polar surface area (TPSA) is 160 Å². The van der Waals surface area contributed by atoms with Crippen LogP contribution in [0.1, 0.15) is 109 Å². The van der Waals surface area contributed by atoms with Crippen LogP contribution in [0, 0.1) is 5.41 Å². The summed E-state index contributed by atoms with van der Waals surface area (Å²) in [6.07, 6.45) is 5.38. The van der Waals surface area contributed by atoms with Crippen molar-refractivity contribution in [1.82, 2.24) is 20.9 Å². The number of benzene rings is 2. The molecular weight excluding hydrogens is 598 g/mol. The lowest BCUT2D eigenvalue weighted by Gasteiger charge is -2.29. The van der Waals surface area contributed by atoms with E-state index < -0.39 is 18.0 Å². The fourth-order valence-electron chi connectivity index (χ4n) is 7.23.